The minimum Gasteiger partial charge on any atom is -0.444 e. The lowest BCUT2D eigenvalue weighted by molar-refractivity contribution is -0.138. The predicted molar refractivity (Wildman–Crippen MR) is 147 cm³/mol. The maximum Gasteiger partial charge on any atom is 0.416 e. The standard InChI is InChI=1S/C30H32F3N3O4/c1-7-21-11-17(2)22(16-34-21)19-9-8-10-20(13-19)26(37)15-27(38)35-25-14-23(30(31,32)33)18(3)12-24(25)36-28(39)40-29(4,5)6/h8-14,16H,7,15H2,1-6H3,(H,35,38)(H,36,39). The van der Waals surface area contributed by atoms with Crippen molar-refractivity contribution in [1.82, 2.24) is 4.98 Å². The van der Waals surface area contributed by atoms with E-state index in [1.54, 1.807) is 45.2 Å². The summed E-state index contributed by atoms with van der Waals surface area (Å²) in [5, 5.41) is 4.73. The van der Waals surface area contributed by atoms with Gasteiger partial charge in [0.2, 0.25) is 5.91 Å². The van der Waals surface area contributed by atoms with Gasteiger partial charge in [0, 0.05) is 23.0 Å². The van der Waals surface area contributed by atoms with Gasteiger partial charge < -0.3 is 10.1 Å². The highest BCUT2D eigenvalue weighted by Gasteiger charge is 2.34. The van der Waals surface area contributed by atoms with E-state index >= 15 is 0 Å². The van der Waals surface area contributed by atoms with Crippen molar-refractivity contribution in [2.75, 3.05) is 10.6 Å². The van der Waals surface area contributed by atoms with Crippen molar-refractivity contribution in [2.45, 2.75) is 66.2 Å². The second-order valence-corrected chi connectivity index (χ2v) is 10.4. The molecule has 0 aliphatic carbocycles. The molecule has 0 bridgehead atoms. The molecule has 1 heterocycles. The van der Waals surface area contributed by atoms with E-state index in [0.29, 0.717) is 0 Å². The van der Waals surface area contributed by atoms with Gasteiger partial charge in [0.1, 0.15) is 5.60 Å². The third kappa shape index (κ3) is 7.91. The van der Waals surface area contributed by atoms with Crippen LogP contribution in [0.1, 0.15) is 66.9 Å². The van der Waals surface area contributed by atoms with Crippen LogP contribution in [0.3, 0.4) is 0 Å². The Morgan fingerprint density at radius 2 is 1.60 bits per heavy atom. The van der Waals surface area contributed by atoms with E-state index in [0.717, 1.165) is 40.9 Å². The first-order valence-electron chi connectivity index (χ1n) is 12.7. The van der Waals surface area contributed by atoms with Crippen LogP contribution < -0.4 is 10.6 Å². The first-order chi connectivity index (χ1) is 18.6. The Hall–Kier alpha value is -4.21. The molecule has 0 spiro atoms. The van der Waals surface area contributed by atoms with E-state index in [-0.39, 0.29) is 22.5 Å². The third-order valence-corrected chi connectivity index (χ3v) is 5.93. The van der Waals surface area contributed by atoms with Crippen molar-refractivity contribution in [2.24, 2.45) is 0 Å². The molecule has 40 heavy (non-hydrogen) atoms. The Morgan fingerprint density at radius 3 is 2.20 bits per heavy atom. The van der Waals surface area contributed by atoms with Crippen LogP contribution in [0.25, 0.3) is 11.1 Å². The van der Waals surface area contributed by atoms with Crippen LogP contribution in [0, 0.1) is 13.8 Å². The van der Waals surface area contributed by atoms with Gasteiger partial charge in [0.15, 0.2) is 5.78 Å². The van der Waals surface area contributed by atoms with Gasteiger partial charge in [-0.25, -0.2) is 4.79 Å². The minimum absolute atomic E-state index is 0.0963. The summed E-state index contributed by atoms with van der Waals surface area (Å²) in [6.07, 6.45) is -3.72. The molecule has 0 saturated heterocycles. The number of rotatable bonds is 7. The molecule has 0 fully saturated rings. The number of anilines is 2. The number of hydrogen-bond donors (Lipinski definition) is 2. The highest BCUT2D eigenvalue weighted by molar-refractivity contribution is 6.12. The van der Waals surface area contributed by atoms with Crippen molar-refractivity contribution < 1.29 is 32.3 Å². The number of aryl methyl sites for hydroxylation is 3. The molecular weight excluding hydrogens is 523 g/mol. The van der Waals surface area contributed by atoms with E-state index < -0.39 is 41.5 Å². The van der Waals surface area contributed by atoms with Crippen molar-refractivity contribution in [1.29, 1.82) is 0 Å². The summed E-state index contributed by atoms with van der Waals surface area (Å²) in [6, 6.07) is 10.5. The molecule has 0 aliphatic rings. The molecule has 3 aromatic rings. The molecule has 2 amide bonds. The predicted octanol–water partition coefficient (Wildman–Crippen LogP) is 7.51. The number of aromatic nitrogens is 1. The number of amides is 2. The van der Waals surface area contributed by atoms with Gasteiger partial charge in [0.25, 0.3) is 0 Å². The number of halogens is 3. The number of carbonyl (C=O) groups is 3. The summed E-state index contributed by atoms with van der Waals surface area (Å²) in [6.45, 7) is 10.1. The number of Topliss-reactive ketones (excluding diaryl/α,β-unsaturated/α-hetero) is 1. The number of ketones is 1. The molecule has 3 rings (SSSR count). The molecule has 0 atom stereocenters. The number of hydrogen-bond acceptors (Lipinski definition) is 5. The van der Waals surface area contributed by atoms with Crippen LogP contribution in [-0.2, 0) is 22.1 Å². The third-order valence-electron chi connectivity index (χ3n) is 5.93. The normalized spacial score (nSPS) is 11.6. The maximum absolute atomic E-state index is 13.6. The maximum atomic E-state index is 13.6. The zero-order valence-electron chi connectivity index (χ0n) is 23.2. The van der Waals surface area contributed by atoms with Crippen LogP contribution in [0.2, 0.25) is 0 Å². The molecule has 2 aromatic carbocycles. The van der Waals surface area contributed by atoms with Gasteiger partial charge >= 0.3 is 12.3 Å². The summed E-state index contributed by atoms with van der Waals surface area (Å²) in [5.41, 5.74) is 1.35. The Kier molecular flexibility index (Phi) is 9.02. The molecule has 1 aromatic heterocycles. The van der Waals surface area contributed by atoms with Gasteiger partial charge in [-0.05, 0) is 82.0 Å². The van der Waals surface area contributed by atoms with E-state index in [2.05, 4.69) is 15.6 Å². The van der Waals surface area contributed by atoms with E-state index in [1.165, 1.54) is 6.92 Å². The number of nitrogens with zero attached hydrogens (tertiary/aromatic N) is 1. The Labute approximate surface area is 231 Å². The quantitative estimate of drug-likeness (QED) is 0.232. The Bertz CT molecular complexity index is 1440. The van der Waals surface area contributed by atoms with Crippen molar-refractivity contribution in [3.63, 3.8) is 0 Å². The molecule has 0 unspecified atom stereocenters. The number of alkyl halides is 3. The molecular formula is C30H32F3N3O4. The van der Waals surface area contributed by atoms with E-state index in [9.17, 15) is 27.6 Å². The second-order valence-electron chi connectivity index (χ2n) is 10.4. The molecule has 0 radical (unpaired) electrons. The fraction of sp³-hybridized carbons (Fsp3) is 0.333. The number of carbonyl (C=O) groups excluding carboxylic acids is 3. The Balaban J connectivity index is 1.84. The largest absolute Gasteiger partial charge is 0.444 e. The second kappa shape index (κ2) is 11.9. The highest BCUT2D eigenvalue weighted by Crippen LogP contribution is 2.37. The smallest absolute Gasteiger partial charge is 0.416 e. The summed E-state index contributed by atoms with van der Waals surface area (Å²) in [5.74, 6) is -1.37. The van der Waals surface area contributed by atoms with Gasteiger partial charge in [-0.15, -0.1) is 0 Å². The average Bonchev–Trinajstić information content (AvgIpc) is 2.83. The lowest BCUT2D eigenvalue weighted by atomic mass is 9.98. The van der Waals surface area contributed by atoms with Crippen molar-refractivity contribution >= 4 is 29.2 Å². The minimum atomic E-state index is -4.70. The van der Waals surface area contributed by atoms with Crippen molar-refractivity contribution in [3.05, 3.63) is 76.6 Å². The van der Waals surface area contributed by atoms with Gasteiger partial charge in [-0.2, -0.15) is 13.2 Å². The lowest BCUT2D eigenvalue weighted by Gasteiger charge is -2.21. The SMILES string of the molecule is CCc1cc(C)c(-c2cccc(C(=O)CC(=O)Nc3cc(C(F)(F)F)c(C)cc3NC(=O)OC(C)(C)C)c2)cn1. The zero-order chi connectivity index (χ0) is 29.8. The topological polar surface area (TPSA) is 97.4 Å². The van der Waals surface area contributed by atoms with E-state index in [4.69, 9.17) is 4.74 Å². The van der Waals surface area contributed by atoms with Crippen LogP contribution in [-0.4, -0.2) is 28.4 Å². The van der Waals surface area contributed by atoms with Crippen LogP contribution >= 0.6 is 0 Å². The molecule has 10 heteroatoms. The monoisotopic (exact) mass is 555 g/mol. The highest BCUT2D eigenvalue weighted by atomic mass is 19.4. The first kappa shape index (κ1) is 30.3. The summed E-state index contributed by atoms with van der Waals surface area (Å²) < 4.78 is 45.9. The fourth-order valence-electron chi connectivity index (χ4n) is 4.05. The zero-order valence-corrected chi connectivity index (χ0v) is 23.2. The summed E-state index contributed by atoms with van der Waals surface area (Å²) in [7, 11) is 0. The van der Waals surface area contributed by atoms with Gasteiger partial charge in [0.05, 0.1) is 23.4 Å². The summed E-state index contributed by atoms with van der Waals surface area (Å²) >= 11 is 0. The molecule has 7 nitrogen and oxygen atoms in total. The lowest BCUT2D eigenvalue weighted by Crippen LogP contribution is -2.28. The summed E-state index contributed by atoms with van der Waals surface area (Å²) in [4.78, 5) is 42.5. The molecule has 0 aliphatic heterocycles. The molecule has 212 valence electrons. The van der Waals surface area contributed by atoms with Crippen LogP contribution in [0.15, 0.2) is 48.7 Å². The van der Waals surface area contributed by atoms with Gasteiger partial charge in [-0.1, -0.05) is 25.1 Å². The molecule has 2 N–H and O–H groups in total. The number of benzene rings is 2. The number of ether oxygens (including phenoxy) is 1. The van der Waals surface area contributed by atoms with Crippen molar-refractivity contribution in [3.8, 4) is 11.1 Å². The number of pyridine rings is 1. The number of nitrogens with one attached hydrogen (secondary N) is 2. The Morgan fingerprint density at radius 1 is 0.925 bits per heavy atom. The van der Waals surface area contributed by atoms with Crippen LogP contribution in [0.4, 0.5) is 29.3 Å². The first-order valence-corrected chi connectivity index (χ1v) is 12.7. The van der Waals surface area contributed by atoms with Gasteiger partial charge in [-0.3, -0.25) is 19.9 Å². The molecule has 0 saturated carbocycles. The van der Waals surface area contributed by atoms with E-state index in [1.807, 2.05) is 26.0 Å². The fourth-order valence-corrected chi connectivity index (χ4v) is 4.05. The average molecular weight is 556 g/mol. The van der Waals surface area contributed by atoms with Crippen LogP contribution in [0.5, 0.6) is 0 Å².